The molecule has 1 aromatic carbocycles. The molecule has 0 aliphatic heterocycles. The van der Waals surface area contributed by atoms with Crippen LogP contribution >= 0.6 is 24.0 Å². The van der Waals surface area contributed by atoms with E-state index >= 15 is 0 Å². The molecule has 1 rings (SSSR count). The van der Waals surface area contributed by atoms with Crippen LogP contribution < -0.4 is 5.32 Å². The van der Waals surface area contributed by atoms with Crippen LogP contribution in [0, 0.1) is 0 Å². The second-order valence-electron chi connectivity index (χ2n) is 3.88. The monoisotopic (exact) mass is 305 g/mol. The van der Waals surface area contributed by atoms with Crippen molar-refractivity contribution in [2.24, 2.45) is 0 Å². The van der Waals surface area contributed by atoms with E-state index in [-0.39, 0.29) is 31.2 Å². The molecule has 0 saturated heterocycles. The minimum atomic E-state index is -0.819. The molecular formula is C13H17Cl2NO3. The van der Waals surface area contributed by atoms with E-state index in [2.05, 4.69) is 5.32 Å². The third-order valence-electron chi connectivity index (χ3n) is 2.46. The van der Waals surface area contributed by atoms with Gasteiger partial charge in [0.2, 0.25) is 0 Å². The van der Waals surface area contributed by atoms with E-state index in [4.69, 9.17) is 16.7 Å². The van der Waals surface area contributed by atoms with Crippen LogP contribution in [-0.2, 0) is 11.2 Å². The molecule has 0 aliphatic rings. The van der Waals surface area contributed by atoms with Crippen molar-refractivity contribution in [2.75, 3.05) is 19.0 Å². The lowest BCUT2D eigenvalue weighted by Crippen LogP contribution is -2.24. The van der Waals surface area contributed by atoms with Gasteiger partial charge in [-0.3, -0.25) is 9.59 Å². The number of carboxylic acid groups (broad SMARTS) is 1. The molecule has 0 fully saturated rings. The maximum absolute atomic E-state index is 11.7. The zero-order valence-electron chi connectivity index (χ0n) is 10.4. The Bertz CT molecular complexity index is 407. The number of carbonyl (C=O) groups is 2. The van der Waals surface area contributed by atoms with Crippen LogP contribution in [0.3, 0.4) is 0 Å². The average molecular weight is 306 g/mol. The lowest BCUT2D eigenvalue weighted by Gasteiger charge is -2.04. The Labute approximate surface area is 123 Å². The van der Waals surface area contributed by atoms with Crippen molar-refractivity contribution < 1.29 is 14.7 Å². The molecular weight excluding hydrogens is 289 g/mol. The van der Waals surface area contributed by atoms with Crippen LogP contribution in [0.5, 0.6) is 0 Å². The predicted octanol–water partition coefficient (Wildman–Crippen LogP) is 2.14. The number of alkyl halides is 1. The van der Waals surface area contributed by atoms with E-state index in [1.165, 1.54) is 0 Å². The fraction of sp³-hybridized carbons (Fsp3) is 0.385. The summed E-state index contributed by atoms with van der Waals surface area (Å²) in [5.74, 6) is -0.341. The van der Waals surface area contributed by atoms with Crippen molar-refractivity contribution in [3.63, 3.8) is 0 Å². The van der Waals surface area contributed by atoms with E-state index in [1.54, 1.807) is 24.3 Å². The number of benzene rings is 1. The van der Waals surface area contributed by atoms with E-state index in [1.807, 2.05) is 0 Å². The Balaban J connectivity index is 0.00000324. The number of aliphatic carboxylic acids is 1. The third kappa shape index (κ3) is 7.15. The van der Waals surface area contributed by atoms with Gasteiger partial charge in [0.15, 0.2) is 5.78 Å². The summed E-state index contributed by atoms with van der Waals surface area (Å²) in [6.07, 6.45) is 0.582. The number of aryl methyl sites for hydroxylation is 1. The number of carbonyl (C=O) groups excluding carboxylic acids is 1. The number of halogens is 2. The zero-order chi connectivity index (χ0) is 13.4. The molecule has 0 heterocycles. The quantitative estimate of drug-likeness (QED) is 0.439. The topological polar surface area (TPSA) is 66.4 Å². The Morgan fingerprint density at radius 1 is 1.21 bits per heavy atom. The second-order valence-corrected chi connectivity index (χ2v) is 4.26. The fourth-order valence-electron chi connectivity index (χ4n) is 1.48. The maximum atomic E-state index is 11.7. The van der Waals surface area contributed by atoms with Crippen molar-refractivity contribution in [1.29, 1.82) is 0 Å². The van der Waals surface area contributed by atoms with Crippen molar-refractivity contribution in [3.8, 4) is 0 Å². The van der Waals surface area contributed by atoms with Crippen LogP contribution in [0.15, 0.2) is 24.3 Å². The molecule has 0 saturated carbocycles. The highest BCUT2D eigenvalue weighted by Gasteiger charge is 2.05. The number of Topliss-reactive ketones (excluding diaryl/α,β-unsaturated/α-hetero) is 1. The highest BCUT2D eigenvalue weighted by Crippen LogP contribution is 2.07. The molecule has 106 valence electrons. The van der Waals surface area contributed by atoms with Gasteiger partial charge in [-0.15, -0.1) is 24.0 Å². The molecule has 0 unspecified atom stereocenters. The summed E-state index contributed by atoms with van der Waals surface area (Å²) in [5, 5.41) is 11.5. The fourth-order valence-corrected chi connectivity index (χ4v) is 1.61. The summed E-state index contributed by atoms with van der Waals surface area (Å²) in [6.45, 7) is 0.866. The summed E-state index contributed by atoms with van der Waals surface area (Å²) in [7, 11) is 0. The average Bonchev–Trinajstić information content (AvgIpc) is 2.37. The summed E-state index contributed by atoms with van der Waals surface area (Å²) in [5.41, 5.74) is 1.54. The molecule has 2 N–H and O–H groups in total. The maximum Gasteiger partial charge on any atom is 0.303 e. The first-order valence-corrected chi connectivity index (χ1v) is 6.27. The van der Waals surface area contributed by atoms with Crippen molar-refractivity contribution in [3.05, 3.63) is 35.4 Å². The van der Waals surface area contributed by atoms with Crippen LogP contribution in [0.25, 0.3) is 0 Å². The van der Waals surface area contributed by atoms with Gasteiger partial charge in [-0.25, -0.2) is 0 Å². The number of carboxylic acids is 1. The minimum absolute atomic E-state index is 0. The molecule has 0 atom stereocenters. The summed E-state index contributed by atoms with van der Waals surface area (Å²) >= 11 is 5.49. The van der Waals surface area contributed by atoms with Gasteiger partial charge in [-0.05, 0) is 12.0 Å². The molecule has 1 aromatic rings. The number of ketones is 1. The number of nitrogens with one attached hydrogen (secondary N) is 1. The molecule has 6 heteroatoms. The van der Waals surface area contributed by atoms with Crippen molar-refractivity contribution in [2.45, 2.75) is 12.8 Å². The molecule has 4 nitrogen and oxygen atoms in total. The lowest BCUT2D eigenvalue weighted by molar-refractivity contribution is -0.136. The molecule has 0 aromatic heterocycles. The standard InChI is InChI=1S/C13H16ClNO3.ClH/c14-7-8-15-9-12(16)11-4-1-10(2-5-11)3-6-13(17)18;/h1-2,4-5,15H,3,6-9H2,(H,17,18);1H. The lowest BCUT2D eigenvalue weighted by atomic mass is 10.1. The largest absolute Gasteiger partial charge is 0.481 e. The van der Waals surface area contributed by atoms with Crippen molar-refractivity contribution in [1.82, 2.24) is 5.32 Å². The molecule has 0 aliphatic carbocycles. The number of hydrogen-bond donors (Lipinski definition) is 2. The smallest absolute Gasteiger partial charge is 0.303 e. The predicted molar refractivity (Wildman–Crippen MR) is 77.6 cm³/mol. The van der Waals surface area contributed by atoms with E-state index in [0.717, 1.165) is 5.56 Å². The first-order valence-electron chi connectivity index (χ1n) is 5.74. The van der Waals surface area contributed by atoms with Gasteiger partial charge in [0.05, 0.1) is 6.54 Å². The first-order chi connectivity index (χ1) is 8.63. The Kier molecular flexibility index (Phi) is 9.21. The second kappa shape index (κ2) is 9.78. The van der Waals surface area contributed by atoms with Gasteiger partial charge in [0, 0.05) is 24.4 Å². The van der Waals surface area contributed by atoms with E-state index < -0.39 is 5.97 Å². The van der Waals surface area contributed by atoms with Gasteiger partial charge >= 0.3 is 5.97 Å². The highest BCUT2D eigenvalue weighted by atomic mass is 35.5. The van der Waals surface area contributed by atoms with Crippen LogP contribution in [0.4, 0.5) is 0 Å². The molecule has 0 amide bonds. The van der Waals surface area contributed by atoms with E-state index in [0.29, 0.717) is 24.4 Å². The van der Waals surface area contributed by atoms with Crippen molar-refractivity contribution >= 4 is 35.8 Å². The SMILES string of the molecule is Cl.O=C(O)CCc1ccc(C(=O)CNCCCl)cc1. The van der Waals surface area contributed by atoms with Gasteiger partial charge < -0.3 is 10.4 Å². The number of hydrogen-bond acceptors (Lipinski definition) is 3. The summed E-state index contributed by atoms with van der Waals surface area (Å²) < 4.78 is 0. The Morgan fingerprint density at radius 2 is 1.84 bits per heavy atom. The Morgan fingerprint density at radius 3 is 2.37 bits per heavy atom. The van der Waals surface area contributed by atoms with Crippen LogP contribution in [-0.4, -0.2) is 35.8 Å². The normalized spacial score (nSPS) is 9.74. The number of rotatable bonds is 8. The first kappa shape index (κ1) is 17.9. The van der Waals surface area contributed by atoms with Crippen LogP contribution in [0.1, 0.15) is 22.3 Å². The Hall–Kier alpha value is -1.10. The molecule has 0 radical (unpaired) electrons. The van der Waals surface area contributed by atoms with Gasteiger partial charge in [0.25, 0.3) is 0 Å². The molecule has 0 spiro atoms. The molecule has 19 heavy (non-hydrogen) atoms. The zero-order valence-corrected chi connectivity index (χ0v) is 12.0. The van der Waals surface area contributed by atoms with Gasteiger partial charge in [-0.1, -0.05) is 24.3 Å². The van der Waals surface area contributed by atoms with E-state index in [9.17, 15) is 9.59 Å². The highest BCUT2D eigenvalue weighted by molar-refractivity contribution is 6.18. The van der Waals surface area contributed by atoms with Gasteiger partial charge in [0.1, 0.15) is 0 Å². The van der Waals surface area contributed by atoms with Gasteiger partial charge in [-0.2, -0.15) is 0 Å². The minimum Gasteiger partial charge on any atom is -0.481 e. The third-order valence-corrected chi connectivity index (χ3v) is 2.65. The van der Waals surface area contributed by atoms with Crippen LogP contribution in [0.2, 0.25) is 0 Å². The summed E-state index contributed by atoms with van der Waals surface area (Å²) in [6, 6.07) is 7.03. The molecule has 0 bridgehead atoms. The summed E-state index contributed by atoms with van der Waals surface area (Å²) in [4.78, 5) is 22.1.